The van der Waals surface area contributed by atoms with Crippen LogP contribution in [0, 0.1) is 0 Å². The summed E-state index contributed by atoms with van der Waals surface area (Å²) in [5.41, 5.74) is 3.55. The van der Waals surface area contributed by atoms with Gasteiger partial charge in [-0.25, -0.2) is 9.97 Å². The highest BCUT2D eigenvalue weighted by Gasteiger charge is 2.22. The van der Waals surface area contributed by atoms with Crippen LogP contribution in [0.15, 0.2) is 54.9 Å². The first-order chi connectivity index (χ1) is 13.5. The van der Waals surface area contributed by atoms with E-state index in [-0.39, 0.29) is 0 Å². The molecule has 3 heterocycles. The number of benzene rings is 1. The molecule has 0 aliphatic heterocycles. The third-order valence-electron chi connectivity index (χ3n) is 4.48. The lowest BCUT2D eigenvalue weighted by Crippen LogP contribution is -2.00. The number of halogens is 2. The molecule has 0 fully saturated rings. The van der Waals surface area contributed by atoms with E-state index < -0.39 is 6.10 Å². The summed E-state index contributed by atoms with van der Waals surface area (Å²) in [6, 6.07) is 12.9. The smallest absolute Gasteiger partial charge is 0.148 e. The molecular formula is C21H17Cl2N3OS. The second-order valence-electron chi connectivity index (χ2n) is 6.33. The molecule has 0 spiro atoms. The fraction of sp³-hybridized carbons (Fsp3) is 0.143. The molecule has 1 atom stereocenters. The predicted octanol–water partition coefficient (Wildman–Crippen LogP) is 6.15. The third kappa shape index (κ3) is 3.84. The van der Waals surface area contributed by atoms with Crippen LogP contribution in [-0.2, 0) is 6.42 Å². The van der Waals surface area contributed by atoms with E-state index in [1.54, 1.807) is 29.7 Å². The van der Waals surface area contributed by atoms with Gasteiger partial charge in [-0.2, -0.15) is 0 Å². The standard InChI is InChI=1S/C21H17Cl2N3OS/c1-2-15-11-25-21(26-15)20-16(19(27)12-3-5-14(22)6-4-12)10-17(28-20)13-7-8-24-18(23)9-13/h3-11,19,27H,2H2,1H3,(H,25,26). The zero-order valence-electron chi connectivity index (χ0n) is 15.0. The number of pyridine rings is 1. The summed E-state index contributed by atoms with van der Waals surface area (Å²) in [4.78, 5) is 13.8. The van der Waals surface area contributed by atoms with Gasteiger partial charge in [0.2, 0.25) is 0 Å². The number of H-pyrrole nitrogens is 1. The number of nitrogens with zero attached hydrogens (tertiary/aromatic N) is 2. The van der Waals surface area contributed by atoms with E-state index in [4.69, 9.17) is 23.2 Å². The molecular weight excluding hydrogens is 413 g/mol. The molecule has 4 nitrogen and oxygen atoms in total. The van der Waals surface area contributed by atoms with Gasteiger partial charge in [-0.3, -0.25) is 0 Å². The summed E-state index contributed by atoms with van der Waals surface area (Å²) < 4.78 is 0. The Balaban J connectivity index is 1.83. The van der Waals surface area contributed by atoms with Gasteiger partial charge >= 0.3 is 0 Å². The number of aromatic nitrogens is 3. The second-order valence-corrected chi connectivity index (χ2v) is 8.20. The Morgan fingerprint density at radius 3 is 2.57 bits per heavy atom. The maximum Gasteiger partial charge on any atom is 0.148 e. The highest BCUT2D eigenvalue weighted by atomic mass is 35.5. The first-order valence-electron chi connectivity index (χ1n) is 8.78. The van der Waals surface area contributed by atoms with Crippen molar-refractivity contribution in [2.24, 2.45) is 0 Å². The highest BCUT2D eigenvalue weighted by Crippen LogP contribution is 2.42. The van der Waals surface area contributed by atoms with E-state index in [9.17, 15) is 5.11 Å². The average molecular weight is 430 g/mol. The predicted molar refractivity (Wildman–Crippen MR) is 115 cm³/mol. The molecule has 2 N–H and O–H groups in total. The van der Waals surface area contributed by atoms with Crippen molar-refractivity contribution in [1.29, 1.82) is 0 Å². The lowest BCUT2D eigenvalue weighted by molar-refractivity contribution is 0.221. The first-order valence-corrected chi connectivity index (χ1v) is 10.4. The topological polar surface area (TPSA) is 61.8 Å². The van der Waals surface area contributed by atoms with Gasteiger partial charge in [0.15, 0.2) is 0 Å². The number of aliphatic hydroxyl groups excluding tert-OH is 1. The fourth-order valence-corrected chi connectivity index (χ4v) is 4.41. The molecule has 0 saturated carbocycles. The second kappa shape index (κ2) is 8.05. The lowest BCUT2D eigenvalue weighted by atomic mass is 10.0. The Labute approximate surface area is 176 Å². The number of nitrogens with one attached hydrogen (secondary N) is 1. The van der Waals surface area contributed by atoms with Crippen molar-refractivity contribution >= 4 is 34.5 Å². The summed E-state index contributed by atoms with van der Waals surface area (Å²) in [7, 11) is 0. The van der Waals surface area contributed by atoms with Crippen molar-refractivity contribution in [2.45, 2.75) is 19.4 Å². The first kappa shape index (κ1) is 19.2. The molecule has 0 radical (unpaired) electrons. The van der Waals surface area contributed by atoms with Gasteiger partial charge < -0.3 is 10.1 Å². The Morgan fingerprint density at radius 2 is 1.89 bits per heavy atom. The van der Waals surface area contributed by atoms with Crippen LogP contribution in [0.25, 0.3) is 21.1 Å². The molecule has 1 aromatic carbocycles. The van der Waals surface area contributed by atoms with Crippen LogP contribution in [0.4, 0.5) is 0 Å². The number of aliphatic hydroxyl groups is 1. The van der Waals surface area contributed by atoms with Crippen LogP contribution < -0.4 is 0 Å². The fourth-order valence-electron chi connectivity index (χ4n) is 2.97. The average Bonchev–Trinajstić information content (AvgIpc) is 3.35. The monoisotopic (exact) mass is 429 g/mol. The van der Waals surface area contributed by atoms with E-state index in [2.05, 4.69) is 21.9 Å². The van der Waals surface area contributed by atoms with Crippen LogP contribution >= 0.6 is 34.5 Å². The van der Waals surface area contributed by atoms with Gasteiger partial charge in [0.1, 0.15) is 17.1 Å². The lowest BCUT2D eigenvalue weighted by Gasteiger charge is -2.11. The van der Waals surface area contributed by atoms with Gasteiger partial charge in [0.25, 0.3) is 0 Å². The van der Waals surface area contributed by atoms with Crippen molar-refractivity contribution in [3.8, 4) is 21.1 Å². The number of imidazole rings is 1. The number of thiophene rings is 1. The van der Waals surface area contributed by atoms with Crippen LogP contribution in [0.1, 0.15) is 29.8 Å². The molecule has 4 aromatic rings. The SMILES string of the molecule is CCc1cnc(-c2sc(-c3ccnc(Cl)c3)cc2C(O)c2ccc(Cl)cc2)[nH]1. The van der Waals surface area contributed by atoms with Gasteiger partial charge in [0, 0.05) is 33.6 Å². The molecule has 142 valence electrons. The summed E-state index contributed by atoms with van der Waals surface area (Å²) >= 11 is 13.6. The molecule has 0 aliphatic rings. The van der Waals surface area contributed by atoms with Crippen molar-refractivity contribution in [2.75, 3.05) is 0 Å². The molecule has 4 rings (SSSR count). The number of rotatable bonds is 5. The Kier molecular flexibility index (Phi) is 5.51. The number of hydrogen-bond donors (Lipinski definition) is 2. The van der Waals surface area contributed by atoms with Gasteiger partial charge in [0.05, 0.1) is 4.88 Å². The Hall–Kier alpha value is -2.18. The summed E-state index contributed by atoms with van der Waals surface area (Å²) in [6.45, 7) is 2.07. The van der Waals surface area contributed by atoms with Crippen LogP contribution in [0.2, 0.25) is 10.2 Å². The van der Waals surface area contributed by atoms with Gasteiger partial charge in [-0.05, 0) is 47.9 Å². The Morgan fingerprint density at radius 1 is 1.11 bits per heavy atom. The zero-order valence-corrected chi connectivity index (χ0v) is 17.3. The van der Waals surface area contributed by atoms with E-state index in [1.165, 1.54) is 0 Å². The maximum absolute atomic E-state index is 11.1. The highest BCUT2D eigenvalue weighted by molar-refractivity contribution is 7.19. The maximum atomic E-state index is 11.1. The van der Waals surface area contributed by atoms with E-state index >= 15 is 0 Å². The molecule has 0 bridgehead atoms. The zero-order chi connectivity index (χ0) is 19.7. The molecule has 7 heteroatoms. The van der Waals surface area contributed by atoms with Gasteiger partial charge in [-0.1, -0.05) is 42.3 Å². The van der Waals surface area contributed by atoms with Crippen molar-refractivity contribution < 1.29 is 5.11 Å². The summed E-state index contributed by atoms with van der Waals surface area (Å²) in [5, 5.41) is 12.1. The molecule has 28 heavy (non-hydrogen) atoms. The van der Waals surface area contributed by atoms with Crippen LogP contribution in [-0.4, -0.2) is 20.1 Å². The minimum atomic E-state index is -0.801. The summed E-state index contributed by atoms with van der Waals surface area (Å²) in [5.74, 6) is 0.747. The van der Waals surface area contributed by atoms with E-state index in [1.807, 2.05) is 36.5 Å². The molecule has 3 aromatic heterocycles. The number of hydrogen-bond acceptors (Lipinski definition) is 4. The molecule has 0 saturated heterocycles. The quantitative estimate of drug-likeness (QED) is 0.373. The third-order valence-corrected chi connectivity index (χ3v) is 6.14. The van der Waals surface area contributed by atoms with Crippen molar-refractivity contribution in [3.63, 3.8) is 0 Å². The number of aryl methyl sites for hydroxylation is 1. The molecule has 0 amide bonds. The van der Waals surface area contributed by atoms with Crippen molar-refractivity contribution in [1.82, 2.24) is 15.0 Å². The van der Waals surface area contributed by atoms with Gasteiger partial charge in [-0.15, -0.1) is 11.3 Å². The van der Waals surface area contributed by atoms with Crippen LogP contribution in [0.5, 0.6) is 0 Å². The summed E-state index contributed by atoms with van der Waals surface area (Å²) in [6.07, 6.45) is 3.57. The largest absolute Gasteiger partial charge is 0.384 e. The normalized spacial score (nSPS) is 12.3. The van der Waals surface area contributed by atoms with E-state index in [0.717, 1.165) is 44.4 Å². The van der Waals surface area contributed by atoms with Crippen LogP contribution in [0.3, 0.4) is 0 Å². The molecule has 1 unspecified atom stereocenters. The van der Waals surface area contributed by atoms with E-state index in [0.29, 0.717) is 10.2 Å². The minimum Gasteiger partial charge on any atom is -0.384 e. The number of aromatic amines is 1. The molecule has 0 aliphatic carbocycles. The Bertz CT molecular complexity index is 1110. The minimum absolute atomic E-state index is 0.429. The van der Waals surface area contributed by atoms with Crippen molar-refractivity contribution in [3.05, 3.63) is 81.9 Å².